The van der Waals surface area contributed by atoms with Gasteiger partial charge in [0.05, 0.1) is 19.3 Å². The lowest BCUT2D eigenvalue weighted by atomic mass is 9.94. The molecular weight excluding hydrogens is 399 g/mol. The van der Waals surface area contributed by atoms with Crippen molar-refractivity contribution < 1.29 is 13.9 Å². The van der Waals surface area contributed by atoms with Crippen LogP contribution in [0.2, 0.25) is 0 Å². The fourth-order valence-corrected chi connectivity index (χ4v) is 4.96. The molecule has 1 aliphatic rings. The lowest BCUT2D eigenvalue weighted by molar-refractivity contribution is 0.0240. The van der Waals surface area contributed by atoms with E-state index in [0.29, 0.717) is 18.8 Å². The Bertz CT molecular complexity index is 1010. The third kappa shape index (κ3) is 4.31. The molecule has 0 bridgehead atoms. The molecule has 1 atom stereocenters. The Balaban J connectivity index is 1.76. The standard InChI is InChI=1S/C24H25FN2O2S/c1-16-17(2)30-24(26-23(28)19-6-4-3-5-7-19)21(16)22(27-12-14-29-15-13-27)18-8-10-20(25)11-9-18/h3-11,22H,12-15H2,1-2H3,(H,26,28). The van der Waals surface area contributed by atoms with Crippen molar-refractivity contribution in [2.24, 2.45) is 0 Å². The van der Waals surface area contributed by atoms with Gasteiger partial charge in [0, 0.05) is 29.1 Å². The van der Waals surface area contributed by atoms with E-state index in [1.165, 1.54) is 12.1 Å². The molecule has 30 heavy (non-hydrogen) atoms. The van der Waals surface area contributed by atoms with Gasteiger partial charge in [0.2, 0.25) is 0 Å². The van der Waals surface area contributed by atoms with E-state index in [9.17, 15) is 9.18 Å². The number of hydrogen-bond acceptors (Lipinski definition) is 4. The van der Waals surface area contributed by atoms with Crippen LogP contribution in [0.1, 0.15) is 38.0 Å². The molecule has 4 rings (SSSR count). The fraction of sp³-hybridized carbons (Fsp3) is 0.292. The first-order valence-corrected chi connectivity index (χ1v) is 10.9. The Kier molecular flexibility index (Phi) is 6.27. The molecule has 1 amide bonds. The monoisotopic (exact) mass is 424 g/mol. The summed E-state index contributed by atoms with van der Waals surface area (Å²) in [6, 6.07) is 15.8. The molecule has 6 heteroatoms. The highest BCUT2D eigenvalue weighted by molar-refractivity contribution is 7.16. The minimum absolute atomic E-state index is 0.0782. The van der Waals surface area contributed by atoms with Crippen LogP contribution in [0.4, 0.5) is 9.39 Å². The maximum absolute atomic E-state index is 13.6. The molecule has 2 heterocycles. The Labute approximate surface area is 180 Å². The number of thiophene rings is 1. The number of anilines is 1. The highest BCUT2D eigenvalue weighted by atomic mass is 32.1. The van der Waals surface area contributed by atoms with Crippen molar-refractivity contribution in [3.05, 3.63) is 87.5 Å². The van der Waals surface area contributed by atoms with Crippen molar-refractivity contribution in [2.75, 3.05) is 31.6 Å². The normalized spacial score (nSPS) is 15.7. The first-order chi connectivity index (χ1) is 14.5. The van der Waals surface area contributed by atoms with Gasteiger partial charge in [0.15, 0.2) is 0 Å². The average Bonchev–Trinajstić information content (AvgIpc) is 3.04. The van der Waals surface area contributed by atoms with Gasteiger partial charge in [-0.2, -0.15) is 0 Å². The van der Waals surface area contributed by atoms with Gasteiger partial charge in [0.1, 0.15) is 10.8 Å². The van der Waals surface area contributed by atoms with E-state index in [-0.39, 0.29) is 17.8 Å². The number of nitrogens with one attached hydrogen (secondary N) is 1. The van der Waals surface area contributed by atoms with E-state index in [2.05, 4.69) is 24.1 Å². The molecule has 0 aliphatic carbocycles. The summed E-state index contributed by atoms with van der Waals surface area (Å²) in [4.78, 5) is 16.4. The summed E-state index contributed by atoms with van der Waals surface area (Å²) in [5.74, 6) is -0.381. The molecule has 1 aromatic heterocycles. The van der Waals surface area contributed by atoms with Crippen LogP contribution in [0.15, 0.2) is 54.6 Å². The molecule has 0 radical (unpaired) electrons. The first-order valence-electron chi connectivity index (χ1n) is 10.1. The Morgan fingerprint density at radius 3 is 2.40 bits per heavy atom. The number of halogens is 1. The minimum atomic E-state index is -0.254. The molecule has 2 aromatic carbocycles. The van der Waals surface area contributed by atoms with E-state index >= 15 is 0 Å². The van der Waals surface area contributed by atoms with Gasteiger partial charge in [-0.3, -0.25) is 9.69 Å². The summed E-state index contributed by atoms with van der Waals surface area (Å²) in [6.07, 6.45) is 0. The van der Waals surface area contributed by atoms with Gasteiger partial charge in [-0.25, -0.2) is 4.39 Å². The van der Waals surface area contributed by atoms with Crippen molar-refractivity contribution in [1.82, 2.24) is 4.90 Å². The second kappa shape index (κ2) is 9.08. The zero-order valence-electron chi connectivity index (χ0n) is 17.2. The third-order valence-corrected chi connectivity index (χ3v) is 6.70. The number of rotatable bonds is 5. The predicted octanol–water partition coefficient (Wildman–Crippen LogP) is 5.18. The van der Waals surface area contributed by atoms with Crippen molar-refractivity contribution in [1.29, 1.82) is 0 Å². The highest BCUT2D eigenvalue weighted by Gasteiger charge is 2.30. The number of aryl methyl sites for hydroxylation is 1. The maximum atomic E-state index is 13.6. The smallest absolute Gasteiger partial charge is 0.256 e. The van der Waals surface area contributed by atoms with Crippen molar-refractivity contribution in [3.63, 3.8) is 0 Å². The molecule has 156 valence electrons. The van der Waals surface area contributed by atoms with Crippen molar-refractivity contribution in [2.45, 2.75) is 19.9 Å². The van der Waals surface area contributed by atoms with Crippen molar-refractivity contribution >= 4 is 22.2 Å². The average molecular weight is 425 g/mol. The Hall–Kier alpha value is -2.54. The minimum Gasteiger partial charge on any atom is -0.379 e. The van der Waals surface area contributed by atoms with Crippen LogP contribution in [0.3, 0.4) is 0 Å². The SMILES string of the molecule is Cc1sc(NC(=O)c2ccccc2)c(C(c2ccc(F)cc2)N2CCOCC2)c1C. The maximum Gasteiger partial charge on any atom is 0.256 e. The number of benzene rings is 2. The number of carbonyl (C=O) groups is 1. The van der Waals surface area contributed by atoms with E-state index in [4.69, 9.17) is 4.74 Å². The van der Waals surface area contributed by atoms with Crippen LogP contribution in [0.25, 0.3) is 0 Å². The summed E-state index contributed by atoms with van der Waals surface area (Å²) in [7, 11) is 0. The summed E-state index contributed by atoms with van der Waals surface area (Å²) in [5.41, 5.74) is 3.87. The van der Waals surface area contributed by atoms with Gasteiger partial charge in [-0.15, -0.1) is 11.3 Å². The van der Waals surface area contributed by atoms with E-state index < -0.39 is 0 Å². The topological polar surface area (TPSA) is 41.6 Å². The zero-order chi connectivity index (χ0) is 21.1. The fourth-order valence-electron chi connectivity index (χ4n) is 3.87. The molecule has 0 saturated carbocycles. The zero-order valence-corrected chi connectivity index (χ0v) is 18.0. The van der Waals surface area contributed by atoms with Crippen LogP contribution in [0, 0.1) is 19.7 Å². The number of nitrogens with zero attached hydrogens (tertiary/aromatic N) is 1. The number of carbonyl (C=O) groups excluding carboxylic acids is 1. The second-order valence-corrected chi connectivity index (χ2v) is 8.67. The van der Waals surface area contributed by atoms with Crippen molar-refractivity contribution in [3.8, 4) is 0 Å². The number of morpholine rings is 1. The number of ether oxygens (including phenoxy) is 1. The van der Waals surface area contributed by atoms with Gasteiger partial charge >= 0.3 is 0 Å². The van der Waals surface area contributed by atoms with Crippen LogP contribution in [-0.2, 0) is 4.74 Å². The van der Waals surface area contributed by atoms with Crippen LogP contribution in [0.5, 0.6) is 0 Å². The molecular formula is C24H25FN2O2S. The van der Waals surface area contributed by atoms with Gasteiger partial charge in [-0.05, 0) is 49.2 Å². The van der Waals surface area contributed by atoms with Crippen LogP contribution in [-0.4, -0.2) is 37.1 Å². The van der Waals surface area contributed by atoms with E-state index in [1.54, 1.807) is 11.3 Å². The molecule has 0 spiro atoms. The molecule has 1 N–H and O–H groups in total. The summed E-state index contributed by atoms with van der Waals surface area (Å²) in [5, 5.41) is 3.98. The van der Waals surface area contributed by atoms with Crippen LogP contribution < -0.4 is 5.32 Å². The molecule has 3 aromatic rings. The quantitative estimate of drug-likeness (QED) is 0.614. The Morgan fingerprint density at radius 2 is 1.73 bits per heavy atom. The molecule has 1 unspecified atom stereocenters. The summed E-state index contributed by atoms with van der Waals surface area (Å²) >= 11 is 1.59. The van der Waals surface area contributed by atoms with Gasteiger partial charge in [0.25, 0.3) is 5.91 Å². The highest BCUT2D eigenvalue weighted by Crippen LogP contribution is 2.42. The lowest BCUT2D eigenvalue weighted by Crippen LogP contribution is -2.40. The van der Waals surface area contributed by atoms with Crippen LogP contribution >= 0.6 is 11.3 Å². The predicted molar refractivity (Wildman–Crippen MR) is 119 cm³/mol. The summed E-state index contributed by atoms with van der Waals surface area (Å²) < 4.78 is 19.2. The lowest BCUT2D eigenvalue weighted by Gasteiger charge is -2.35. The second-order valence-electron chi connectivity index (χ2n) is 7.45. The largest absolute Gasteiger partial charge is 0.379 e. The number of hydrogen-bond donors (Lipinski definition) is 1. The summed E-state index contributed by atoms with van der Waals surface area (Å²) in [6.45, 7) is 7.04. The molecule has 1 saturated heterocycles. The first kappa shape index (κ1) is 20.7. The molecule has 1 aliphatic heterocycles. The van der Waals surface area contributed by atoms with Gasteiger partial charge in [-0.1, -0.05) is 30.3 Å². The Morgan fingerprint density at radius 1 is 1.07 bits per heavy atom. The van der Waals surface area contributed by atoms with E-state index in [0.717, 1.165) is 39.7 Å². The molecule has 4 nitrogen and oxygen atoms in total. The third-order valence-electron chi connectivity index (χ3n) is 5.56. The molecule has 1 fully saturated rings. The van der Waals surface area contributed by atoms with E-state index in [1.807, 2.05) is 42.5 Å². The number of amides is 1. The van der Waals surface area contributed by atoms with Gasteiger partial charge < -0.3 is 10.1 Å².